The van der Waals surface area contributed by atoms with Crippen molar-refractivity contribution in [1.29, 1.82) is 0 Å². The third-order valence-corrected chi connectivity index (χ3v) is 5.82. The Kier molecular flexibility index (Phi) is 4.98. The van der Waals surface area contributed by atoms with E-state index in [1.54, 1.807) is 0 Å². The van der Waals surface area contributed by atoms with Gasteiger partial charge in [-0.15, -0.1) is 0 Å². The summed E-state index contributed by atoms with van der Waals surface area (Å²) in [6, 6.07) is 0. The van der Waals surface area contributed by atoms with Gasteiger partial charge in [0, 0.05) is 0 Å². The van der Waals surface area contributed by atoms with Gasteiger partial charge in [-0.25, -0.2) is 0 Å². The fraction of sp³-hybridized carbons (Fsp3) is 1.00. The molecule has 0 bridgehead atoms. The van der Waals surface area contributed by atoms with Crippen LogP contribution in [0.25, 0.3) is 0 Å². The fourth-order valence-electron chi connectivity index (χ4n) is 1.19. The SMILES string of the molecule is CC(C)[I-]N1CCC(I)CC1. The molecule has 11 heavy (non-hydrogen) atoms. The van der Waals surface area contributed by atoms with E-state index in [0.717, 1.165) is 7.85 Å². The normalized spacial score (nSPS) is 23.3. The molecular formula is C8H16I2N-. The second-order valence-electron chi connectivity index (χ2n) is 3.20. The van der Waals surface area contributed by atoms with Crippen LogP contribution in [-0.2, 0) is 0 Å². The predicted octanol–water partition coefficient (Wildman–Crippen LogP) is -0.702. The number of alkyl halides is 2. The Balaban J connectivity index is 2.17. The molecule has 0 atom stereocenters. The second-order valence-corrected chi connectivity index (χ2v) is 9.37. The van der Waals surface area contributed by atoms with Crippen LogP contribution in [0.15, 0.2) is 0 Å². The van der Waals surface area contributed by atoms with E-state index in [1.165, 1.54) is 25.9 Å². The molecule has 1 heterocycles. The van der Waals surface area contributed by atoms with Crippen LogP contribution >= 0.6 is 22.6 Å². The third-order valence-electron chi connectivity index (χ3n) is 1.70. The fourth-order valence-corrected chi connectivity index (χ4v) is 4.44. The zero-order chi connectivity index (χ0) is 8.27. The summed E-state index contributed by atoms with van der Waals surface area (Å²) < 4.78 is 4.61. The van der Waals surface area contributed by atoms with E-state index in [1.807, 2.05) is 0 Å². The first-order valence-electron chi connectivity index (χ1n) is 4.21. The van der Waals surface area contributed by atoms with Crippen LogP contribution in [0, 0.1) is 0 Å². The summed E-state index contributed by atoms with van der Waals surface area (Å²) in [4.78, 5) is 0. The van der Waals surface area contributed by atoms with Crippen LogP contribution in [0.4, 0.5) is 0 Å². The first-order valence-corrected chi connectivity index (χ1v) is 7.67. The van der Waals surface area contributed by atoms with Crippen LogP contribution in [0.1, 0.15) is 26.7 Å². The molecule has 0 aromatic carbocycles. The minimum atomic E-state index is 0.355. The van der Waals surface area contributed by atoms with Gasteiger partial charge in [-0.3, -0.25) is 0 Å². The molecule has 0 spiro atoms. The third kappa shape index (κ3) is 4.26. The summed E-state index contributed by atoms with van der Waals surface area (Å²) in [5.74, 6) is 0. The molecule has 1 saturated heterocycles. The van der Waals surface area contributed by atoms with Gasteiger partial charge in [0.05, 0.1) is 0 Å². The zero-order valence-electron chi connectivity index (χ0n) is 7.19. The molecule has 0 aromatic heterocycles. The molecule has 0 saturated carbocycles. The standard InChI is InChI=1S/C8H16I2N/c1-7(2)10-11-5-3-8(9)4-6-11/h7-8H,3-6H2,1-2H3/q-1. The van der Waals surface area contributed by atoms with E-state index in [9.17, 15) is 0 Å². The summed E-state index contributed by atoms with van der Waals surface area (Å²) in [6.07, 6.45) is 2.85. The van der Waals surface area contributed by atoms with Crippen LogP contribution in [0.2, 0.25) is 0 Å². The molecule has 1 nitrogen and oxygen atoms in total. The summed E-state index contributed by atoms with van der Waals surface area (Å²) in [7, 11) is 0. The monoisotopic (exact) mass is 380 g/mol. The number of rotatable bonds is 2. The molecule has 3 heteroatoms. The Labute approximate surface area is 94.1 Å². The zero-order valence-corrected chi connectivity index (χ0v) is 11.5. The first kappa shape index (κ1) is 10.5. The number of hydrogen-bond acceptors (Lipinski definition) is 1. The predicted molar refractivity (Wildman–Crippen MR) is 53.8 cm³/mol. The molecule has 0 aromatic rings. The van der Waals surface area contributed by atoms with Gasteiger partial charge in [-0.2, -0.15) is 0 Å². The van der Waals surface area contributed by atoms with Crippen LogP contribution in [0.3, 0.4) is 0 Å². The minimum absolute atomic E-state index is 0.355. The molecule has 0 unspecified atom stereocenters. The number of hydrogen-bond donors (Lipinski definition) is 0. The molecular weight excluding hydrogens is 364 g/mol. The molecule has 0 radical (unpaired) electrons. The van der Waals surface area contributed by atoms with Crippen molar-refractivity contribution in [3.05, 3.63) is 0 Å². The maximum atomic E-state index is 2.71. The van der Waals surface area contributed by atoms with Crippen molar-refractivity contribution in [1.82, 2.24) is 3.11 Å². The molecule has 1 aliphatic heterocycles. The van der Waals surface area contributed by atoms with Gasteiger partial charge in [0.25, 0.3) is 0 Å². The van der Waals surface area contributed by atoms with E-state index >= 15 is 0 Å². The van der Waals surface area contributed by atoms with Gasteiger partial charge in [0.1, 0.15) is 0 Å². The summed E-state index contributed by atoms with van der Waals surface area (Å²) in [6.45, 7) is 7.45. The van der Waals surface area contributed by atoms with Gasteiger partial charge in [-0.1, -0.05) is 0 Å². The van der Waals surface area contributed by atoms with Gasteiger partial charge in [0.15, 0.2) is 0 Å². The maximum absolute atomic E-state index is 2.71. The summed E-state index contributed by atoms with van der Waals surface area (Å²) in [5, 5.41) is 0. The Morgan fingerprint density at radius 3 is 2.36 bits per heavy atom. The molecule has 1 rings (SSSR count). The van der Waals surface area contributed by atoms with Crippen molar-refractivity contribution in [3.8, 4) is 0 Å². The Bertz CT molecular complexity index is 109. The van der Waals surface area contributed by atoms with E-state index in [4.69, 9.17) is 0 Å². The number of piperidine rings is 1. The quantitative estimate of drug-likeness (QED) is 0.348. The number of nitrogens with zero attached hydrogens (tertiary/aromatic N) is 1. The van der Waals surface area contributed by atoms with Crippen LogP contribution in [-0.4, -0.2) is 24.1 Å². The molecule has 0 N–H and O–H groups in total. The molecule has 0 amide bonds. The number of halogens is 2. The van der Waals surface area contributed by atoms with E-state index in [0.29, 0.717) is 21.5 Å². The molecule has 1 aliphatic rings. The van der Waals surface area contributed by atoms with E-state index in [2.05, 4.69) is 39.6 Å². The van der Waals surface area contributed by atoms with Crippen molar-refractivity contribution in [2.75, 3.05) is 13.1 Å². The van der Waals surface area contributed by atoms with Crippen molar-refractivity contribution in [2.24, 2.45) is 0 Å². The van der Waals surface area contributed by atoms with Crippen molar-refractivity contribution in [3.63, 3.8) is 0 Å². The molecule has 0 aliphatic carbocycles. The second kappa shape index (κ2) is 5.21. The molecule has 68 valence electrons. The van der Waals surface area contributed by atoms with E-state index < -0.39 is 0 Å². The van der Waals surface area contributed by atoms with Gasteiger partial charge in [0.2, 0.25) is 0 Å². The summed E-state index contributed by atoms with van der Waals surface area (Å²) in [5.41, 5.74) is 0. The van der Waals surface area contributed by atoms with Crippen molar-refractivity contribution in [2.45, 2.75) is 34.5 Å². The Morgan fingerprint density at radius 1 is 1.36 bits per heavy atom. The first-order chi connectivity index (χ1) is 5.18. The Hall–Kier alpha value is 1.42. The average Bonchev–Trinajstić information content (AvgIpc) is 1.93. The van der Waals surface area contributed by atoms with Gasteiger partial charge >= 0.3 is 94.8 Å². The van der Waals surface area contributed by atoms with Crippen LogP contribution < -0.4 is 21.5 Å². The Morgan fingerprint density at radius 2 is 1.91 bits per heavy atom. The van der Waals surface area contributed by atoms with Crippen LogP contribution in [0.5, 0.6) is 0 Å². The van der Waals surface area contributed by atoms with Gasteiger partial charge in [-0.05, 0) is 0 Å². The van der Waals surface area contributed by atoms with Crippen molar-refractivity contribution < 1.29 is 21.5 Å². The molecule has 1 fully saturated rings. The summed E-state index contributed by atoms with van der Waals surface area (Å²) >= 11 is 2.94. The van der Waals surface area contributed by atoms with Gasteiger partial charge < -0.3 is 0 Å². The topological polar surface area (TPSA) is 3.24 Å². The average molecular weight is 380 g/mol. The van der Waals surface area contributed by atoms with E-state index in [-0.39, 0.29) is 0 Å². The van der Waals surface area contributed by atoms with Crippen molar-refractivity contribution >= 4 is 22.6 Å².